The highest BCUT2D eigenvalue weighted by Gasteiger charge is 2.26. The van der Waals surface area contributed by atoms with Crippen molar-refractivity contribution < 1.29 is 24.3 Å². The van der Waals surface area contributed by atoms with Crippen molar-refractivity contribution >= 4 is 5.97 Å². The van der Waals surface area contributed by atoms with E-state index in [1.54, 1.807) is 13.2 Å². The molecule has 0 amide bonds. The number of aromatic nitrogens is 1. The van der Waals surface area contributed by atoms with Gasteiger partial charge in [-0.3, -0.25) is 0 Å². The summed E-state index contributed by atoms with van der Waals surface area (Å²) in [5, 5.41) is 19.9. The molecule has 0 aliphatic rings. The van der Waals surface area contributed by atoms with Crippen molar-refractivity contribution in [3.8, 4) is 50.8 Å². The summed E-state index contributed by atoms with van der Waals surface area (Å²) < 4.78 is 7.38. The summed E-state index contributed by atoms with van der Waals surface area (Å²) in [6, 6.07) is 36.7. The monoisotopic (exact) mass is 474 g/mol. The third kappa shape index (κ3) is 4.42. The van der Waals surface area contributed by atoms with Gasteiger partial charge in [0, 0.05) is 29.3 Å². The number of hydrogen-bond donors (Lipinski definition) is 2. The van der Waals surface area contributed by atoms with Crippen LogP contribution in [0.25, 0.3) is 39.3 Å². The van der Waals surface area contributed by atoms with Gasteiger partial charge in [0.1, 0.15) is 17.1 Å². The van der Waals surface area contributed by atoms with Crippen LogP contribution in [0.5, 0.6) is 11.5 Å². The molecule has 0 saturated heterocycles. The van der Waals surface area contributed by atoms with Crippen LogP contribution in [0.3, 0.4) is 0 Å². The maximum Gasteiger partial charge on any atom is 0.339 e. The Balaban J connectivity index is 1.84. The Hall–Kier alpha value is -4.90. The van der Waals surface area contributed by atoms with E-state index in [0.29, 0.717) is 5.69 Å². The number of nitrogens with zero attached hydrogens (tertiary/aromatic N) is 1. The van der Waals surface area contributed by atoms with Gasteiger partial charge in [-0.1, -0.05) is 48.5 Å². The van der Waals surface area contributed by atoms with Gasteiger partial charge in [0.15, 0.2) is 0 Å². The highest BCUT2D eigenvalue weighted by atomic mass is 16.5. The SMILES string of the molecule is COc1ccc(-c2cc(-c3ccccc3)[n+](-c3ccc(C(=O)O)c(O)c3)c(-c3ccccc3)c2)cc1. The Kier molecular flexibility index (Phi) is 6.20. The van der Waals surface area contributed by atoms with Crippen LogP contribution in [-0.4, -0.2) is 23.3 Å². The van der Waals surface area contributed by atoms with E-state index in [-0.39, 0.29) is 11.3 Å². The Morgan fingerprint density at radius 1 is 0.667 bits per heavy atom. The third-order valence-electron chi connectivity index (χ3n) is 6.10. The second kappa shape index (κ2) is 9.76. The molecule has 0 bridgehead atoms. The van der Waals surface area contributed by atoms with Gasteiger partial charge in [0.2, 0.25) is 17.1 Å². The smallest absolute Gasteiger partial charge is 0.339 e. The number of carbonyl (C=O) groups is 1. The van der Waals surface area contributed by atoms with Crippen LogP contribution < -0.4 is 9.30 Å². The van der Waals surface area contributed by atoms with Crippen LogP contribution in [0.4, 0.5) is 0 Å². The van der Waals surface area contributed by atoms with Crippen LogP contribution in [-0.2, 0) is 0 Å². The lowest BCUT2D eigenvalue weighted by Crippen LogP contribution is -2.36. The number of benzene rings is 4. The molecule has 1 heterocycles. The minimum Gasteiger partial charge on any atom is -0.507 e. The first kappa shape index (κ1) is 22.9. The maximum absolute atomic E-state index is 11.5. The van der Waals surface area contributed by atoms with Crippen LogP contribution >= 0.6 is 0 Å². The summed E-state index contributed by atoms with van der Waals surface area (Å²) in [7, 11) is 1.65. The van der Waals surface area contributed by atoms with E-state index in [1.165, 1.54) is 12.1 Å². The van der Waals surface area contributed by atoms with Crippen LogP contribution in [0.15, 0.2) is 115 Å². The predicted octanol–water partition coefficient (Wildman–Crippen LogP) is 6.38. The third-order valence-corrected chi connectivity index (χ3v) is 6.10. The molecule has 0 spiro atoms. The lowest BCUT2D eigenvalue weighted by atomic mass is 9.98. The van der Waals surface area contributed by atoms with E-state index < -0.39 is 5.97 Å². The molecule has 5 aromatic rings. The van der Waals surface area contributed by atoms with Crippen molar-refractivity contribution in [3.05, 3.63) is 121 Å². The molecule has 0 saturated carbocycles. The molecular weight excluding hydrogens is 450 g/mol. The first-order valence-electron chi connectivity index (χ1n) is 11.5. The lowest BCUT2D eigenvalue weighted by Gasteiger charge is -2.13. The number of carboxylic acid groups (broad SMARTS) is 1. The molecule has 0 aliphatic carbocycles. The number of ether oxygens (including phenoxy) is 1. The molecule has 5 nitrogen and oxygen atoms in total. The van der Waals surface area contributed by atoms with Gasteiger partial charge in [0.05, 0.1) is 13.2 Å². The van der Waals surface area contributed by atoms with E-state index in [2.05, 4.69) is 12.1 Å². The Morgan fingerprint density at radius 3 is 1.69 bits per heavy atom. The number of pyridine rings is 1. The molecule has 5 rings (SSSR count). The van der Waals surface area contributed by atoms with Gasteiger partial charge in [-0.15, -0.1) is 0 Å². The number of carboxylic acids is 1. The first-order chi connectivity index (χ1) is 17.5. The van der Waals surface area contributed by atoms with Gasteiger partial charge in [-0.25, -0.2) is 4.79 Å². The number of aromatic carboxylic acids is 1. The number of hydrogen-bond acceptors (Lipinski definition) is 3. The topological polar surface area (TPSA) is 70.6 Å². The fourth-order valence-corrected chi connectivity index (χ4v) is 4.31. The van der Waals surface area contributed by atoms with Gasteiger partial charge < -0.3 is 14.9 Å². The number of rotatable bonds is 6. The Bertz CT molecular complexity index is 1470. The minimum absolute atomic E-state index is 0.142. The van der Waals surface area contributed by atoms with Crippen molar-refractivity contribution in [1.82, 2.24) is 0 Å². The molecule has 36 heavy (non-hydrogen) atoms. The second-order valence-electron chi connectivity index (χ2n) is 8.32. The molecule has 1 aromatic heterocycles. The van der Waals surface area contributed by atoms with Crippen molar-refractivity contribution in [2.75, 3.05) is 7.11 Å². The minimum atomic E-state index is -1.18. The van der Waals surface area contributed by atoms with Crippen LogP contribution in [0.1, 0.15) is 10.4 Å². The van der Waals surface area contributed by atoms with E-state index in [9.17, 15) is 15.0 Å². The van der Waals surface area contributed by atoms with Crippen LogP contribution in [0.2, 0.25) is 0 Å². The fourth-order valence-electron chi connectivity index (χ4n) is 4.31. The molecular formula is C31H24NO4+. The summed E-state index contributed by atoms with van der Waals surface area (Å²) in [5.41, 5.74) is 6.29. The number of aromatic hydroxyl groups is 1. The molecule has 0 fully saturated rings. The standard InChI is InChI=1S/C31H23NO4/c1-36-26-15-12-21(13-16-26)24-18-28(22-8-4-2-5-9-22)32(29(19-24)23-10-6-3-7-11-23)25-14-17-27(31(34)35)30(33)20-25/h2-20H,1H3,(H-,33,34,35)/p+1. The summed E-state index contributed by atoms with van der Waals surface area (Å²) >= 11 is 0. The molecule has 5 heteroatoms. The first-order valence-corrected chi connectivity index (χ1v) is 11.5. The summed E-state index contributed by atoms with van der Waals surface area (Å²) in [6.07, 6.45) is 0. The zero-order valence-electron chi connectivity index (χ0n) is 19.6. The Labute approximate surface area is 209 Å². The van der Waals surface area contributed by atoms with Crippen molar-refractivity contribution in [2.24, 2.45) is 0 Å². The van der Waals surface area contributed by atoms with Gasteiger partial charge in [-0.2, -0.15) is 4.57 Å². The van der Waals surface area contributed by atoms with Gasteiger partial charge in [0.25, 0.3) is 0 Å². The fraction of sp³-hybridized carbons (Fsp3) is 0.0323. The quantitative estimate of drug-likeness (QED) is 0.280. The lowest BCUT2D eigenvalue weighted by molar-refractivity contribution is -0.572. The van der Waals surface area contributed by atoms with E-state index in [1.807, 2.05) is 89.5 Å². The van der Waals surface area contributed by atoms with Crippen molar-refractivity contribution in [1.29, 1.82) is 0 Å². The molecule has 4 aromatic carbocycles. The molecule has 176 valence electrons. The molecule has 0 unspecified atom stereocenters. The van der Waals surface area contributed by atoms with Crippen molar-refractivity contribution in [2.45, 2.75) is 0 Å². The average molecular weight is 475 g/mol. The summed E-state index contributed by atoms with van der Waals surface area (Å²) in [5.74, 6) is -0.680. The average Bonchev–Trinajstić information content (AvgIpc) is 2.93. The molecule has 0 atom stereocenters. The Morgan fingerprint density at radius 2 is 1.22 bits per heavy atom. The van der Waals surface area contributed by atoms with Crippen molar-refractivity contribution in [3.63, 3.8) is 0 Å². The van der Waals surface area contributed by atoms with Gasteiger partial charge >= 0.3 is 5.97 Å². The summed E-state index contributed by atoms with van der Waals surface area (Å²) in [6.45, 7) is 0. The second-order valence-corrected chi connectivity index (χ2v) is 8.32. The maximum atomic E-state index is 11.5. The molecule has 0 radical (unpaired) electrons. The number of methoxy groups -OCH3 is 1. The molecule has 2 N–H and O–H groups in total. The normalized spacial score (nSPS) is 10.7. The van der Waals surface area contributed by atoms with Crippen LogP contribution in [0, 0.1) is 0 Å². The zero-order chi connectivity index (χ0) is 25.1. The number of phenols is 1. The zero-order valence-corrected chi connectivity index (χ0v) is 19.6. The van der Waals surface area contributed by atoms with Gasteiger partial charge in [-0.05, 0) is 53.6 Å². The van der Waals surface area contributed by atoms with E-state index in [4.69, 9.17) is 4.74 Å². The van der Waals surface area contributed by atoms with E-state index >= 15 is 0 Å². The highest BCUT2D eigenvalue weighted by molar-refractivity contribution is 5.91. The highest BCUT2D eigenvalue weighted by Crippen LogP contribution is 2.32. The largest absolute Gasteiger partial charge is 0.507 e. The summed E-state index contributed by atoms with van der Waals surface area (Å²) in [4.78, 5) is 11.5. The predicted molar refractivity (Wildman–Crippen MR) is 139 cm³/mol. The van der Waals surface area contributed by atoms with E-state index in [0.717, 1.165) is 39.4 Å². The molecule has 0 aliphatic heterocycles.